The molecule has 0 aliphatic rings. The van der Waals surface area contributed by atoms with Crippen LogP contribution in [0.3, 0.4) is 0 Å². The fourth-order valence-corrected chi connectivity index (χ4v) is 1.88. The van der Waals surface area contributed by atoms with Crippen LogP contribution in [0.5, 0.6) is 0 Å². The Hall–Kier alpha value is -2.89. The number of hydrogen-bond donors (Lipinski definition) is 2. The van der Waals surface area contributed by atoms with Gasteiger partial charge in [-0.05, 0) is 31.2 Å². The van der Waals surface area contributed by atoms with Gasteiger partial charge in [-0.2, -0.15) is 0 Å². The SMILES string of the molecule is Cc1cc(NC(=O)CNc2ccccc2)ccc1[N+](=O)[O-]. The van der Waals surface area contributed by atoms with Crippen molar-refractivity contribution in [1.82, 2.24) is 0 Å². The van der Waals surface area contributed by atoms with E-state index in [1.54, 1.807) is 13.0 Å². The smallest absolute Gasteiger partial charge is 0.272 e. The van der Waals surface area contributed by atoms with Crippen LogP contribution in [0.2, 0.25) is 0 Å². The van der Waals surface area contributed by atoms with Crippen molar-refractivity contribution in [3.05, 3.63) is 64.2 Å². The zero-order valence-electron chi connectivity index (χ0n) is 11.5. The molecule has 0 saturated carbocycles. The van der Waals surface area contributed by atoms with Crippen LogP contribution in [-0.2, 0) is 4.79 Å². The Bertz CT molecular complexity index is 656. The predicted octanol–water partition coefficient (Wildman–Crippen LogP) is 2.95. The maximum Gasteiger partial charge on any atom is 0.272 e. The van der Waals surface area contributed by atoms with E-state index >= 15 is 0 Å². The number of benzene rings is 2. The highest BCUT2D eigenvalue weighted by Gasteiger charge is 2.11. The lowest BCUT2D eigenvalue weighted by molar-refractivity contribution is -0.385. The fourth-order valence-electron chi connectivity index (χ4n) is 1.88. The van der Waals surface area contributed by atoms with E-state index in [9.17, 15) is 14.9 Å². The van der Waals surface area contributed by atoms with Gasteiger partial charge in [-0.15, -0.1) is 0 Å². The first-order chi connectivity index (χ1) is 10.1. The number of nitrogens with zero attached hydrogens (tertiary/aromatic N) is 1. The number of carbonyl (C=O) groups is 1. The lowest BCUT2D eigenvalue weighted by Gasteiger charge is -2.08. The lowest BCUT2D eigenvalue weighted by Crippen LogP contribution is -2.21. The van der Waals surface area contributed by atoms with E-state index in [2.05, 4.69) is 10.6 Å². The maximum atomic E-state index is 11.8. The van der Waals surface area contributed by atoms with Gasteiger partial charge in [-0.25, -0.2) is 0 Å². The van der Waals surface area contributed by atoms with Crippen LogP contribution in [0.1, 0.15) is 5.56 Å². The van der Waals surface area contributed by atoms with Crippen molar-refractivity contribution in [3.8, 4) is 0 Å². The Kier molecular flexibility index (Phi) is 4.50. The van der Waals surface area contributed by atoms with Crippen molar-refractivity contribution in [2.45, 2.75) is 6.92 Å². The number of aryl methyl sites for hydroxylation is 1. The van der Waals surface area contributed by atoms with Crippen molar-refractivity contribution >= 4 is 23.0 Å². The van der Waals surface area contributed by atoms with E-state index in [1.165, 1.54) is 12.1 Å². The predicted molar refractivity (Wildman–Crippen MR) is 81.4 cm³/mol. The lowest BCUT2D eigenvalue weighted by atomic mass is 10.2. The van der Waals surface area contributed by atoms with Gasteiger partial charge >= 0.3 is 0 Å². The minimum absolute atomic E-state index is 0.0374. The van der Waals surface area contributed by atoms with Gasteiger partial charge in [0.15, 0.2) is 0 Å². The van der Waals surface area contributed by atoms with Gasteiger partial charge in [0.05, 0.1) is 11.5 Å². The van der Waals surface area contributed by atoms with Crippen LogP contribution < -0.4 is 10.6 Å². The molecule has 2 aromatic rings. The molecule has 0 spiro atoms. The zero-order valence-corrected chi connectivity index (χ0v) is 11.5. The number of amides is 1. The first-order valence-corrected chi connectivity index (χ1v) is 6.40. The largest absolute Gasteiger partial charge is 0.376 e. The van der Waals surface area contributed by atoms with Gasteiger partial charge in [0.2, 0.25) is 5.91 Å². The maximum absolute atomic E-state index is 11.8. The normalized spacial score (nSPS) is 9.95. The highest BCUT2D eigenvalue weighted by Crippen LogP contribution is 2.21. The molecule has 2 rings (SSSR count). The highest BCUT2D eigenvalue weighted by molar-refractivity contribution is 5.93. The van der Waals surface area contributed by atoms with Crippen LogP contribution >= 0.6 is 0 Å². The molecule has 6 heteroatoms. The summed E-state index contributed by atoms with van der Waals surface area (Å²) >= 11 is 0. The van der Waals surface area contributed by atoms with Crippen molar-refractivity contribution in [3.63, 3.8) is 0 Å². The van der Waals surface area contributed by atoms with E-state index in [0.29, 0.717) is 11.3 Å². The minimum Gasteiger partial charge on any atom is -0.376 e. The summed E-state index contributed by atoms with van der Waals surface area (Å²) in [5.41, 5.74) is 1.94. The van der Waals surface area contributed by atoms with Crippen LogP contribution in [0.25, 0.3) is 0 Å². The molecule has 0 saturated heterocycles. The molecule has 0 unspecified atom stereocenters. The number of nitro benzene ring substituents is 1. The van der Waals surface area contributed by atoms with E-state index in [-0.39, 0.29) is 18.1 Å². The molecular formula is C15H15N3O3. The molecule has 1 amide bonds. The second-order valence-electron chi connectivity index (χ2n) is 4.53. The van der Waals surface area contributed by atoms with Crippen LogP contribution in [0.15, 0.2) is 48.5 Å². The van der Waals surface area contributed by atoms with E-state index in [1.807, 2.05) is 30.3 Å². The number of nitrogens with one attached hydrogen (secondary N) is 2. The molecule has 6 nitrogen and oxygen atoms in total. The summed E-state index contributed by atoms with van der Waals surface area (Å²) in [6, 6.07) is 13.9. The number of nitro groups is 1. The summed E-state index contributed by atoms with van der Waals surface area (Å²) in [7, 11) is 0. The Balaban J connectivity index is 1.94. The van der Waals surface area contributed by atoms with Gasteiger partial charge in [-0.1, -0.05) is 18.2 Å². The molecule has 2 N–H and O–H groups in total. The molecule has 0 aliphatic heterocycles. The molecule has 2 aromatic carbocycles. The minimum atomic E-state index is -0.447. The molecule has 0 aliphatic carbocycles. The van der Waals surface area contributed by atoms with Gasteiger partial charge in [0.1, 0.15) is 0 Å². The van der Waals surface area contributed by atoms with Crippen LogP contribution in [0, 0.1) is 17.0 Å². The summed E-state index contributed by atoms with van der Waals surface area (Å²) in [6.07, 6.45) is 0. The van der Waals surface area contributed by atoms with E-state index < -0.39 is 4.92 Å². The van der Waals surface area contributed by atoms with Crippen LogP contribution in [0.4, 0.5) is 17.1 Å². The molecule has 0 aromatic heterocycles. The number of para-hydroxylation sites is 1. The van der Waals surface area contributed by atoms with Crippen molar-refractivity contribution in [2.75, 3.05) is 17.2 Å². The first kappa shape index (κ1) is 14.5. The third-order valence-electron chi connectivity index (χ3n) is 2.90. The average Bonchev–Trinajstić information content (AvgIpc) is 2.46. The molecule has 21 heavy (non-hydrogen) atoms. The third-order valence-corrected chi connectivity index (χ3v) is 2.90. The Morgan fingerprint density at radius 2 is 1.86 bits per heavy atom. The summed E-state index contributed by atoms with van der Waals surface area (Å²) in [6.45, 7) is 1.76. The monoisotopic (exact) mass is 285 g/mol. The molecule has 0 atom stereocenters. The first-order valence-electron chi connectivity index (χ1n) is 6.40. The zero-order chi connectivity index (χ0) is 15.2. The van der Waals surface area contributed by atoms with E-state index in [4.69, 9.17) is 0 Å². The Labute approximate surface area is 121 Å². The topological polar surface area (TPSA) is 84.3 Å². The second-order valence-corrected chi connectivity index (χ2v) is 4.53. The molecule has 108 valence electrons. The van der Waals surface area contributed by atoms with Crippen molar-refractivity contribution in [1.29, 1.82) is 0 Å². The molecular weight excluding hydrogens is 270 g/mol. The summed E-state index contributed by atoms with van der Waals surface area (Å²) in [4.78, 5) is 22.1. The Morgan fingerprint density at radius 3 is 2.48 bits per heavy atom. The van der Waals surface area contributed by atoms with Gasteiger partial charge in [0, 0.05) is 23.0 Å². The number of carbonyl (C=O) groups excluding carboxylic acids is 1. The number of hydrogen-bond acceptors (Lipinski definition) is 4. The summed E-state index contributed by atoms with van der Waals surface area (Å²) < 4.78 is 0. The second kappa shape index (κ2) is 6.51. The third kappa shape index (κ3) is 4.04. The number of rotatable bonds is 5. The van der Waals surface area contributed by atoms with Gasteiger partial charge in [0.25, 0.3) is 5.69 Å². The van der Waals surface area contributed by atoms with Crippen LogP contribution in [-0.4, -0.2) is 17.4 Å². The summed E-state index contributed by atoms with van der Waals surface area (Å²) in [5, 5.41) is 16.4. The van der Waals surface area contributed by atoms with Crippen molar-refractivity contribution < 1.29 is 9.72 Å². The average molecular weight is 285 g/mol. The quantitative estimate of drug-likeness (QED) is 0.653. The van der Waals surface area contributed by atoms with E-state index in [0.717, 1.165) is 5.69 Å². The Morgan fingerprint density at radius 1 is 1.14 bits per heavy atom. The number of anilines is 2. The van der Waals surface area contributed by atoms with Gasteiger partial charge in [-0.3, -0.25) is 14.9 Å². The fraction of sp³-hybridized carbons (Fsp3) is 0.133. The van der Waals surface area contributed by atoms with Gasteiger partial charge < -0.3 is 10.6 Å². The molecule has 0 heterocycles. The summed E-state index contributed by atoms with van der Waals surface area (Å²) in [5.74, 6) is -0.216. The molecule has 0 fully saturated rings. The molecule has 0 radical (unpaired) electrons. The molecule has 0 bridgehead atoms. The highest BCUT2D eigenvalue weighted by atomic mass is 16.6. The van der Waals surface area contributed by atoms with Crippen molar-refractivity contribution in [2.24, 2.45) is 0 Å². The standard InChI is InChI=1S/C15H15N3O3/c1-11-9-13(7-8-14(11)18(20)21)17-15(19)10-16-12-5-3-2-4-6-12/h2-9,16H,10H2,1H3,(H,17,19).